The minimum Gasteiger partial charge on any atom is -0.484 e. The fourth-order valence-corrected chi connectivity index (χ4v) is 2.71. The zero-order chi connectivity index (χ0) is 17.6. The fourth-order valence-electron chi connectivity index (χ4n) is 2.71. The van der Waals surface area contributed by atoms with Crippen molar-refractivity contribution in [3.8, 4) is 5.75 Å². The van der Waals surface area contributed by atoms with Gasteiger partial charge < -0.3 is 15.0 Å². The number of carbonyl (C=O) groups excluding carboxylic acids is 1. The molecule has 1 saturated heterocycles. The summed E-state index contributed by atoms with van der Waals surface area (Å²) >= 11 is 0. The molecular weight excluding hydrogens is 357 g/mol. The van der Waals surface area contributed by atoms with Gasteiger partial charge in [0.15, 0.2) is 6.61 Å². The van der Waals surface area contributed by atoms with Gasteiger partial charge >= 0.3 is 6.18 Å². The summed E-state index contributed by atoms with van der Waals surface area (Å²) in [7, 11) is 0. The summed E-state index contributed by atoms with van der Waals surface area (Å²) in [5, 5.41) is 3.32. The number of piperidine rings is 1. The van der Waals surface area contributed by atoms with Crippen molar-refractivity contribution in [2.75, 3.05) is 32.8 Å². The number of likely N-dealkylation sites (tertiary alicyclic amines) is 1. The van der Waals surface area contributed by atoms with Crippen LogP contribution in [0.25, 0.3) is 0 Å². The lowest BCUT2D eigenvalue weighted by molar-refractivity contribution is -0.138. The van der Waals surface area contributed by atoms with Crippen molar-refractivity contribution >= 4 is 18.3 Å². The molecule has 8 heteroatoms. The maximum atomic E-state index is 12.5. The molecule has 4 nitrogen and oxygen atoms in total. The summed E-state index contributed by atoms with van der Waals surface area (Å²) in [5.74, 6) is 0.722. The van der Waals surface area contributed by atoms with Crippen LogP contribution < -0.4 is 10.1 Å². The topological polar surface area (TPSA) is 41.6 Å². The number of alkyl halides is 3. The van der Waals surface area contributed by atoms with Gasteiger partial charge in [-0.1, -0.05) is 6.92 Å². The monoisotopic (exact) mass is 380 g/mol. The van der Waals surface area contributed by atoms with Gasteiger partial charge in [0.05, 0.1) is 5.56 Å². The summed E-state index contributed by atoms with van der Waals surface area (Å²) in [4.78, 5) is 13.9. The van der Waals surface area contributed by atoms with Gasteiger partial charge in [-0.15, -0.1) is 12.4 Å². The molecule has 1 aromatic rings. The Labute approximate surface area is 152 Å². The van der Waals surface area contributed by atoms with Crippen LogP contribution in [-0.2, 0) is 11.0 Å². The molecule has 0 unspecified atom stereocenters. The lowest BCUT2D eigenvalue weighted by Gasteiger charge is -2.32. The lowest BCUT2D eigenvalue weighted by atomic mass is 9.97. The Morgan fingerprint density at radius 1 is 1.24 bits per heavy atom. The van der Waals surface area contributed by atoms with Crippen molar-refractivity contribution in [2.45, 2.75) is 25.9 Å². The predicted molar refractivity (Wildman–Crippen MR) is 92.0 cm³/mol. The van der Waals surface area contributed by atoms with Crippen LogP contribution in [0.1, 0.15) is 25.3 Å². The molecule has 0 radical (unpaired) electrons. The van der Waals surface area contributed by atoms with Crippen molar-refractivity contribution in [1.82, 2.24) is 10.2 Å². The first-order valence-electron chi connectivity index (χ1n) is 8.18. The first kappa shape index (κ1) is 21.6. The molecule has 0 bridgehead atoms. The van der Waals surface area contributed by atoms with Crippen LogP contribution in [0, 0.1) is 5.92 Å². The average molecular weight is 381 g/mol. The van der Waals surface area contributed by atoms with Crippen molar-refractivity contribution in [3.05, 3.63) is 29.8 Å². The van der Waals surface area contributed by atoms with E-state index < -0.39 is 11.7 Å². The minimum absolute atomic E-state index is 0. The molecule has 0 atom stereocenters. The molecule has 2 rings (SSSR count). The summed E-state index contributed by atoms with van der Waals surface area (Å²) in [6.07, 6.45) is -2.45. The summed E-state index contributed by atoms with van der Waals surface area (Å²) < 4.78 is 42.7. The molecule has 1 aliphatic heterocycles. The zero-order valence-corrected chi connectivity index (χ0v) is 15.0. The van der Waals surface area contributed by atoms with E-state index >= 15 is 0 Å². The Kier molecular flexibility index (Phi) is 8.52. The molecule has 25 heavy (non-hydrogen) atoms. The van der Waals surface area contributed by atoms with Gasteiger partial charge in [-0.3, -0.25) is 4.79 Å². The molecule has 0 saturated carbocycles. The van der Waals surface area contributed by atoms with Crippen molar-refractivity contribution in [3.63, 3.8) is 0 Å². The van der Waals surface area contributed by atoms with Crippen molar-refractivity contribution in [2.24, 2.45) is 5.92 Å². The molecule has 1 fully saturated rings. The third kappa shape index (κ3) is 6.74. The maximum absolute atomic E-state index is 12.5. The van der Waals surface area contributed by atoms with E-state index in [2.05, 4.69) is 12.2 Å². The van der Waals surface area contributed by atoms with E-state index in [9.17, 15) is 18.0 Å². The number of hydrogen-bond acceptors (Lipinski definition) is 3. The van der Waals surface area contributed by atoms with E-state index in [0.717, 1.165) is 38.1 Å². The Balaban J connectivity index is 0.00000312. The maximum Gasteiger partial charge on any atom is 0.416 e. The molecule has 1 heterocycles. The van der Waals surface area contributed by atoms with E-state index in [1.165, 1.54) is 12.1 Å². The quantitative estimate of drug-likeness (QED) is 0.822. The number of halogens is 4. The van der Waals surface area contributed by atoms with E-state index in [4.69, 9.17) is 4.74 Å². The second-order valence-electron chi connectivity index (χ2n) is 5.94. The van der Waals surface area contributed by atoms with Crippen LogP contribution in [0.5, 0.6) is 5.75 Å². The van der Waals surface area contributed by atoms with Gasteiger partial charge in [0, 0.05) is 13.1 Å². The molecule has 142 valence electrons. The Morgan fingerprint density at radius 2 is 1.84 bits per heavy atom. The van der Waals surface area contributed by atoms with Crippen LogP contribution >= 0.6 is 12.4 Å². The van der Waals surface area contributed by atoms with Gasteiger partial charge in [-0.2, -0.15) is 13.2 Å². The van der Waals surface area contributed by atoms with E-state index in [-0.39, 0.29) is 30.7 Å². The van der Waals surface area contributed by atoms with Gasteiger partial charge in [0.25, 0.3) is 5.91 Å². The Morgan fingerprint density at radius 3 is 2.36 bits per heavy atom. The number of hydrogen-bond donors (Lipinski definition) is 1. The highest BCUT2D eigenvalue weighted by Crippen LogP contribution is 2.30. The number of rotatable bonds is 6. The first-order chi connectivity index (χ1) is 11.4. The highest BCUT2D eigenvalue weighted by molar-refractivity contribution is 5.85. The molecular formula is C17H24ClF3N2O2. The summed E-state index contributed by atoms with van der Waals surface area (Å²) in [6.45, 7) is 5.23. The smallest absolute Gasteiger partial charge is 0.416 e. The SMILES string of the molecule is CCNCC1CCN(C(=O)COc2ccc(C(F)(F)F)cc2)CC1.Cl. The fraction of sp³-hybridized carbons (Fsp3) is 0.588. The van der Waals surface area contributed by atoms with Crippen LogP contribution in [-0.4, -0.2) is 43.6 Å². The first-order valence-corrected chi connectivity index (χ1v) is 8.18. The van der Waals surface area contributed by atoms with Crippen LogP contribution in [0.3, 0.4) is 0 Å². The van der Waals surface area contributed by atoms with E-state index in [1.54, 1.807) is 4.90 Å². The number of nitrogens with one attached hydrogen (secondary N) is 1. The summed E-state index contributed by atoms with van der Waals surface area (Å²) in [5.41, 5.74) is -0.732. The van der Waals surface area contributed by atoms with Crippen LogP contribution in [0.15, 0.2) is 24.3 Å². The zero-order valence-electron chi connectivity index (χ0n) is 14.1. The Hall–Kier alpha value is -1.47. The van der Waals surface area contributed by atoms with E-state index in [0.29, 0.717) is 19.0 Å². The molecule has 1 aliphatic rings. The van der Waals surface area contributed by atoms with Gasteiger partial charge in [0.2, 0.25) is 0 Å². The summed E-state index contributed by atoms with van der Waals surface area (Å²) in [6, 6.07) is 4.37. The molecule has 0 spiro atoms. The molecule has 0 aromatic heterocycles. The van der Waals surface area contributed by atoms with Crippen molar-refractivity contribution in [1.29, 1.82) is 0 Å². The van der Waals surface area contributed by atoms with Crippen molar-refractivity contribution < 1.29 is 22.7 Å². The molecule has 1 amide bonds. The number of nitrogens with zero attached hydrogens (tertiary/aromatic N) is 1. The largest absolute Gasteiger partial charge is 0.484 e. The normalized spacial score (nSPS) is 15.6. The molecule has 1 aromatic carbocycles. The number of benzene rings is 1. The van der Waals surface area contributed by atoms with Crippen LogP contribution in [0.4, 0.5) is 13.2 Å². The lowest BCUT2D eigenvalue weighted by Crippen LogP contribution is -2.42. The Bertz CT molecular complexity index is 530. The van der Waals surface area contributed by atoms with Gasteiger partial charge in [0.1, 0.15) is 5.75 Å². The molecule has 0 aliphatic carbocycles. The van der Waals surface area contributed by atoms with E-state index in [1.807, 2.05) is 0 Å². The van der Waals surface area contributed by atoms with Crippen LogP contribution in [0.2, 0.25) is 0 Å². The highest BCUT2D eigenvalue weighted by Gasteiger charge is 2.30. The number of carbonyl (C=O) groups is 1. The number of ether oxygens (including phenoxy) is 1. The molecule has 1 N–H and O–H groups in total. The third-order valence-electron chi connectivity index (χ3n) is 4.19. The van der Waals surface area contributed by atoms with Gasteiger partial charge in [-0.25, -0.2) is 0 Å². The van der Waals surface area contributed by atoms with Gasteiger partial charge in [-0.05, 0) is 56.1 Å². The average Bonchev–Trinajstić information content (AvgIpc) is 2.58. The predicted octanol–water partition coefficient (Wildman–Crippen LogP) is 3.35. The number of amides is 1. The highest BCUT2D eigenvalue weighted by atomic mass is 35.5. The second kappa shape index (κ2) is 9.87. The third-order valence-corrected chi connectivity index (χ3v) is 4.19. The standard InChI is InChI=1S/C17H23F3N2O2.ClH/c1-2-21-11-13-7-9-22(10-8-13)16(23)12-24-15-5-3-14(4-6-15)17(18,19)20;/h3-6,13,21H,2,7-12H2,1H3;1H. The minimum atomic E-state index is -4.37. The second-order valence-corrected chi connectivity index (χ2v) is 5.94.